The molecule has 0 bridgehead atoms. The van der Waals surface area contributed by atoms with Gasteiger partial charge in [0, 0.05) is 6.61 Å². The van der Waals surface area contributed by atoms with E-state index in [1.165, 1.54) is 0 Å². The first-order chi connectivity index (χ1) is 11.4. The van der Waals surface area contributed by atoms with Crippen LogP contribution in [-0.4, -0.2) is 24.8 Å². The second-order valence-corrected chi connectivity index (χ2v) is 11.4. The Kier molecular flexibility index (Phi) is 6.38. The highest BCUT2D eigenvalue weighted by Gasteiger charge is 2.49. The second-order valence-electron chi connectivity index (χ2n) is 7.48. The Hall–Kier alpha value is -1.42. The Morgan fingerprint density at radius 1 is 0.875 bits per heavy atom. The first-order valence-electron chi connectivity index (χ1n) is 8.86. The van der Waals surface area contributed by atoms with E-state index in [0.717, 1.165) is 29.6 Å². The van der Waals surface area contributed by atoms with Gasteiger partial charge in [0.25, 0.3) is 8.32 Å². The summed E-state index contributed by atoms with van der Waals surface area (Å²) in [6.07, 6.45) is 2.79. The van der Waals surface area contributed by atoms with Crippen molar-refractivity contribution in [3.05, 3.63) is 60.7 Å². The maximum absolute atomic E-state index is 12.0. The maximum atomic E-state index is 12.0. The van der Waals surface area contributed by atoms with Crippen molar-refractivity contribution in [1.82, 2.24) is 0 Å². The van der Waals surface area contributed by atoms with E-state index >= 15 is 0 Å². The quantitative estimate of drug-likeness (QED) is 0.723. The monoisotopic (exact) mass is 342 g/mol. The summed E-state index contributed by atoms with van der Waals surface area (Å²) >= 11 is 0. The normalized spacial score (nSPS) is 13.7. The van der Waals surface area contributed by atoms with Crippen molar-refractivity contribution in [2.75, 3.05) is 6.61 Å². The average Bonchev–Trinajstić information content (AvgIpc) is 2.61. The minimum Gasteiger partial charge on any atom is -0.424 e. The highest BCUT2D eigenvalue weighted by molar-refractivity contribution is 6.98. The van der Waals surface area contributed by atoms with Crippen molar-refractivity contribution in [2.45, 2.75) is 45.1 Å². The fourth-order valence-electron chi connectivity index (χ4n) is 3.46. The van der Waals surface area contributed by atoms with Gasteiger partial charge in [0.15, 0.2) is 0 Å². The van der Waals surface area contributed by atoms with Crippen molar-refractivity contribution in [3.8, 4) is 0 Å². The third-order valence-electron chi connectivity index (χ3n) is 5.25. The molecule has 0 aliphatic carbocycles. The van der Waals surface area contributed by atoms with Crippen LogP contribution in [0.2, 0.25) is 5.04 Å². The molecule has 0 aromatic heterocycles. The number of rotatable bonds is 8. The Morgan fingerprint density at radius 2 is 1.33 bits per heavy atom. The molecule has 3 heteroatoms. The average molecular weight is 343 g/mol. The van der Waals surface area contributed by atoms with Crippen molar-refractivity contribution < 1.29 is 9.90 Å². The molecule has 0 aliphatic heterocycles. The summed E-state index contributed by atoms with van der Waals surface area (Å²) in [6, 6.07) is 20.3. The van der Waals surface area contributed by atoms with E-state index < -0.39 is 8.32 Å². The van der Waals surface area contributed by atoms with Gasteiger partial charge in [0.2, 0.25) is 0 Å². The zero-order chi connectivity index (χ0) is 17.6. The Morgan fingerprint density at radius 3 is 1.75 bits per heavy atom. The summed E-state index contributed by atoms with van der Waals surface area (Å²) < 4.78 is 0. The van der Waals surface area contributed by atoms with Gasteiger partial charge in [0.05, 0.1) is 0 Å². The Bertz CT molecular complexity index is 571. The summed E-state index contributed by atoms with van der Waals surface area (Å²) in [4.78, 5) is 12.0. The van der Waals surface area contributed by atoms with Gasteiger partial charge < -0.3 is 9.90 Å². The molecule has 2 N–H and O–H groups in total. The van der Waals surface area contributed by atoms with Crippen LogP contribution in [0, 0.1) is 5.92 Å². The van der Waals surface area contributed by atoms with Gasteiger partial charge in [0.1, 0.15) is 0 Å². The molecule has 2 aromatic rings. The maximum Gasteiger partial charge on any atom is 0.258 e. The van der Waals surface area contributed by atoms with Gasteiger partial charge in [-0.3, -0.25) is 0 Å². The van der Waals surface area contributed by atoms with Crippen LogP contribution >= 0.6 is 0 Å². The first kappa shape index (κ1) is 18.9. The van der Waals surface area contributed by atoms with Crippen molar-refractivity contribution in [2.24, 2.45) is 5.92 Å². The summed E-state index contributed by atoms with van der Waals surface area (Å²) in [5.41, 5.74) is 0. The fourth-order valence-corrected chi connectivity index (χ4v) is 7.21. The number of hydrogen-bond donors (Lipinski definition) is 2. The zero-order valence-electron chi connectivity index (χ0n) is 15.1. The van der Waals surface area contributed by atoms with Crippen LogP contribution in [0.4, 0.5) is 0 Å². The van der Waals surface area contributed by atoms with E-state index in [2.05, 4.69) is 45.0 Å². The molecule has 0 amide bonds. The molecule has 0 aliphatic rings. The highest BCUT2D eigenvalue weighted by Crippen LogP contribution is 2.40. The summed E-state index contributed by atoms with van der Waals surface area (Å²) in [7, 11) is -2.88. The molecular formula is C21H30O2Si. The van der Waals surface area contributed by atoms with Gasteiger partial charge in [-0.15, -0.1) is 0 Å². The third-order valence-corrected chi connectivity index (χ3v) is 9.79. The predicted octanol–water partition coefficient (Wildman–Crippen LogP) is 3.32. The van der Waals surface area contributed by atoms with Crippen LogP contribution in [0.15, 0.2) is 60.7 Å². The molecule has 1 atom stereocenters. The topological polar surface area (TPSA) is 40.5 Å². The fraction of sp³-hybridized carbons (Fsp3) is 0.429. The summed E-state index contributed by atoms with van der Waals surface area (Å²) in [5.74, 6) is 0.471. The third kappa shape index (κ3) is 3.97. The predicted molar refractivity (Wildman–Crippen MR) is 104 cm³/mol. The molecule has 0 heterocycles. The lowest BCUT2D eigenvalue weighted by molar-refractivity contribution is 0.253. The lowest BCUT2D eigenvalue weighted by atomic mass is 9.96. The lowest BCUT2D eigenvalue weighted by Crippen LogP contribution is -2.65. The second kappa shape index (κ2) is 8.10. The molecule has 0 unspecified atom stereocenters. The lowest BCUT2D eigenvalue weighted by Gasteiger charge is -2.41. The van der Waals surface area contributed by atoms with E-state index in [0.29, 0.717) is 5.92 Å². The molecule has 2 nitrogen and oxygen atoms in total. The summed E-state index contributed by atoms with van der Waals surface area (Å²) in [5, 5.41) is 11.1. The smallest absolute Gasteiger partial charge is 0.258 e. The van der Waals surface area contributed by atoms with Crippen molar-refractivity contribution >= 4 is 18.7 Å². The van der Waals surface area contributed by atoms with E-state index in [1.807, 2.05) is 36.4 Å². The van der Waals surface area contributed by atoms with E-state index in [-0.39, 0.29) is 11.6 Å². The van der Waals surface area contributed by atoms with Crippen molar-refractivity contribution in [1.29, 1.82) is 0 Å². The van der Waals surface area contributed by atoms with Crippen LogP contribution in [0.3, 0.4) is 0 Å². The molecule has 2 rings (SSSR count). The molecule has 0 spiro atoms. The molecule has 130 valence electrons. The first-order valence-corrected chi connectivity index (χ1v) is 10.8. The van der Waals surface area contributed by atoms with Crippen LogP contribution in [0.25, 0.3) is 0 Å². The van der Waals surface area contributed by atoms with Gasteiger partial charge in [-0.2, -0.15) is 0 Å². The standard InChI is InChI=1S/C21H30O2Si/c1-18(15-17-22)14-16-21(2,3)24(23,19-10-6-4-7-11-19)20-12-8-5-9-13-20/h4-13,18,22-23H,14-17H2,1-3H3/t18-/m0/s1. The van der Waals surface area contributed by atoms with Crippen LogP contribution in [0.5, 0.6) is 0 Å². The molecule has 2 aromatic carbocycles. The SMILES string of the molecule is C[C@H](CCO)CCC(C)(C)[Si](O)(c1ccccc1)c1ccccc1. The van der Waals surface area contributed by atoms with E-state index in [4.69, 9.17) is 5.11 Å². The number of hydrogen-bond acceptors (Lipinski definition) is 2. The largest absolute Gasteiger partial charge is 0.424 e. The number of benzene rings is 2. The highest BCUT2D eigenvalue weighted by atomic mass is 28.4. The van der Waals surface area contributed by atoms with Crippen LogP contribution in [-0.2, 0) is 0 Å². The molecule has 24 heavy (non-hydrogen) atoms. The summed E-state index contributed by atoms with van der Waals surface area (Å²) in [6.45, 7) is 6.81. The number of aliphatic hydroxyl groups is 1. The van der Waals surface area contributed by atoms with Gasteiger partial charge in [-0.1, -0.05) is 87.9 Å². The molecule has 0 saturated carbocycles. The zero-order valence-corrected chi connectivity index (χ0v) is 16.1. The Balaban J connectivity index is 2.39. The molecule has 0 radical (unpaired) electrons. The molecular weight excluding hydrogens is 312 g/mol. The minimum atomic E-state index is -2.88. The number of aliphatic hydroxyl groups excluding tert-OH is 1. The van der Waals surface area contributed by atoms with E-state index in [9.17, 15) is 4.80 Å². The van der Waals surface area contributed by atoms with Crippen molar-refractivity contribution in [3.63, 3.8) is 0 Å². The van der Waals surface area contributed by atoms with Crippen LogP contribution in [0.1, 0.15) is 40.0 Å². The van der Waals surface area contributed by atoms with Gasteiger partial charge >= 0.3 is 0 Å². The van der Waals surface area contributed by atoms with Gasteiger partial charge in [-0.05, 0) is 34.2 Å². The minimum absolute atomic E-state index is 0.195. The molecule has 0 fully saturated rings. The Labute approximate surface area is 147 Å². The van der Waals surface area contributed by atoms with Crippen LogP contribution < -0.4 is 10.4 Å². The van der Waals surface area contributed by atoms with Gasteiger partial charge in [-0.25, -0.2) is 0 Å². The van der Waals surface area contributed by atoms with E-state index in [1.54, 1.807) is 0 Å². The molecule has 0 saturated heterocycles.